The van der Waals surface area contributed by atoms with Crippen molar-refractivity contribution in [3.63, 3.8) is 0 Å². The van der Waals surface area contributed by atoms with Gasteiger partial charge < -0.3 is 4.43 Å². The first kappa shape index (κ1) is 10.1. The van der Waals surface area contributed by atoms with E-state index in [0.29, 0.717) is 16.9 Å². The monoisotopic (exact) mass is 204 g/mol. The minimum atomic E-state index is -0.949. The average molecular weight is 205 g/mol. The highest BCUT2D eigenvalue weighted by atomic mass is 35.5. The van der Waals surface area contributed by atoms with Crippen LogP contribution >= 0.6 is 35.8 Å². The molecule has 0 heterocycles. The Morgan fingerprint density at radius 2 is 2.11 bits per heavy atom. The number of halogens is 2. The molecule has 0 spiro atoms. The molecule has 0 aliphatic heterocycles. The van der Waals surface area contributed by atoms with E-state index in [-0.39, 0.29) is 0 Å². The topological polar surface area (TPSA) is 9.23 Å². The van der Waals surface area contributed by atoms with Gasteiger partial charge in [-0.1, -0.05) is 23.2 Å². The summed E-state index contributed by atoms with van der Waals surface area (Å²) in [6, 6.07) is 0. The number of alkyl halides is 2. The number of rotatable bonds is 4. The van der Waals surface area contributed by atoms with Gasteiger partial charge in [0.05, 0.1) is 0 Å². The zero-order valence-electron chi connectivity index (χ0n) is 5.23. The molecular formula is C4H10Cl2OSSi. The van der Waals surface area contributed by atoms with E-state index in [1.54, 1.807) is 0 Å². The zero-order valence-corrected chi connectivity index (χ0v) is 9.64. The van der Waals surface area contributed by atoms with Crippen molar-refractivity contribution >= 4 is 46.3 Å². The van der Waals surface area contributed by atoms with E-state index in [1.165, 1.54) is 0 Å². The van der Waals surface area contributed by atoms with Crippen LogP contribution in [0.3, 0.4) is 0 Å². The highest BCUT2D eigenvalue weighted by Crippen LogP contribution is 2.26. The third kappa shape index (κ3) is 5.55. The molecule has 56 valence electrons. The van der Waals surface area contributed by atoms with Crippen molar-refractivity contribution < 1.29 is 4.43 Å². The summed E-state index contributed by atoms with van der Waals surface area (Å²) in [5.74, 6) is 0.798. The molecule has 0 aliphatic carbocycles. The fourth-order valence-corrected chi connectivity index (χ4v) is 1.02. The molecule has 0 saturated carbocycles. The van der Waals surface area contributed by atoms with Crippen LogP contribution in [-0.4, -0.2) is 20.8 Å². The lowest BCUT2D eigenvalue weighted by Gasteiger charge is -2.16. The maximum Gasteiger partial charge on any atom is 0.207 e. The number of hydrogen-bond donors (Lipinski definition) is 1. The van der Waals surface area contributed by atoms with Crippen LogP contribution in [0.5, 0.6) is 0 Å². The van der Waals surface area contributed by atoms with E-state index in [0.717, 1.165) is 12.2 Å². The molecule has 5 heteroatoms. The van der Waals surface area contributed by atoms with Gasteiger partial charge in [0.25, 0.3) is 0 Å². The van der Waals surface area contributed by atoms with E-state index in [2.05, 4.69) is 12.6 Å². The molecule has 9 heavy (non-hydrogen) atoms. The first-order chi connectivity index (χ1) is 4.12. The molecule has 0 unspecified atom stereocenters. The van der Waals surface area contributed by atoms with Crippen molar-refractivity contribution in [3.8, 4) is 0 Å². The molecule has 0 radical (unpaired) electrons. The molecule has 0 amide bonds. The third-order valence-electron chi connectivity index (χ3n) is 0.925. The maximum atomic E-state index is 5.64. The Hall–Kier alpha value is 1.11. The average Bonchev–Trinajstić information content (AvgIpc) is 1.84. The summed E-state index contributed by atoms with van der Waals surface area (Å²) >= 11 is 15.3. The van der Waals surface area contributed by atoms with Gasteiger partial charge in [0.1, 0.15) is 10.5 Å². The molecule has 0 aromatic rings. The van der Waals surface area contributed by atoms with Gasteiger partial charge in [0.2, 0.25) is 4.52 Å². The van der Waals surface area contributed by atoms with Crippen molar-refractivity contribution in [2.45, 2.75) is 17.4 Å². The lowest BCUT2D eigenvalue weighted by Crippen LogP contribution is -2.15. The second-order valence-electron chi connectivity index (χ2n) is 1.67. The smallest absolute Gasteiger partial charge is 0.207 e. The standard InChI is InChI=1S/C4H10Cl2OSSi/c5-4(6,7-9)2-1-3-8/h8H,1-3H2,9H3. The zero-order chi connectivity index (χ0) is 7.33. The largest absolute Gasteiger partial charge is 0.399 e. The molecule has 0 rings (SSSR count). The van der Waals surface area contributed by atoms with Crippen LogP contribution in [0.1, 0.15) is 12.8 Å². The van der Waals surface area contributed by atoms with Crippen LogP contribution in [0.15, 0.2) is 0 Å². The lowest BCUT2D eigenvalue weighted by molar-refractivity contribution is 0.253. The molecule has 0 fully saturated rings. The summed E-state index contributed by atoms with van der Waals surface area (Å²) in [5.41, 5.74) is 0. The second kappa shape index (κ2) is 4.85. The summed E-state index contributed by atoms with van der Waals surface area (Å²) in [6.07, 6.45) is 1.54. The Bertz CT molecular complexity index is 81.0. The van der Waals surface area contributed by atoms with Crippen molar-refractivity contribution in [2.24, 2.45) is 0 Å². The first-order valence-corrected chi connectivity index (χ1v) is 4.86. The van der Waals surface area contributed by atoms with Gasteiger partial charge in [-0.15, -0.1) is 0 Å². The Kier molecular flexibility index (Phi) is 5.45. The van der Waals surface area contributed by atoms with E-state index < -0.39 is 4.52 Å². The third-order valence-corrected chi connectivity index (χ3v) is 3.14. The fourth-order valence-electron chi connectivity index (χ4n) is 0.387. The Morgan fingerprint density at radius 1 is 1.56 bits per heavy atom. The maximum absolute atomic E-state index is 5.64. The Balaban J connectivity index is 3.33. The number of hydrogen-bond acceptors (Lipinski definition) is 2. The van der Waals surface area contributed by atoms with Crippen LogP contribution in [0, 0.1) is 0 Å². The fraction of sp³-hybridized carbons (Fsp3) is 1.00. The van der Waals surface area contributed by atoms with Crippen LogP contribution in [0.25, 0.3) is 0 Å². The van der Waals surface area contributed by atoms with Crippen molar-refractivity contribution in [1.29, 1.82) is 0 Å². The molecule has 0 bridgehead atoms. The molecule has 0 N–H and O–H groups in total. The molecule has 1 nitrogen and oxygen atoms in total. The molecule has 0 aromatic heterocycles. The van der Waals surface area contributed by atoms with Gasteiger partial charge in [-0.3, -0.25) is 0 Å². The number of thiol groups is 1. The molecule has 0 aliphatic rings. The van der Waals surface area contributed by atoms with E-state index in [1.807, 2.05) is 0 Å². The van der Waals surface area contributed by atoms with Crippen molar-refractivity contribution in [1.82, 2.24) is 0 Å². The Labute approximate surface area is 74.0 Å². The predicted molar refractivity (Wildman–Crippen MR) is 48.5 cm³/mol. The normalized spacial score (nSPS) is 12.3. The Morgan fingerprint density at radius 3 is 2.44 bits per heavy atom. The molecule has 0 aromatic carbocycles. The SMILES string of the molecule is [SiH3]OC(Cl)(Cl)CCCS. The second-order valence-corrected chi connectivity index (χ2v) is 3.94. The highest BCUT2D eigenvalue weighted by molar-refractivity contribution is 7.80. The molecule has 0 saturated heterocycles. The quantitative estimate of drug-likeness (QED) is 0.411. The van der Waals surface area contributed by atoms with Crippen LogP contribution < -0.4 is 0 Å². The summed E-state index contributed by atoms with van der Waals surface area (Å²) in [5, 5.41) is 0. The minimum Gasteiger partial charge on any atom is -0.399 e. The van der Waals surface area contributed by atoms with Crippen molar-refractivity contribution in [2.75, 3.05) is 5.75 Å². The van der Waals surface area contributed by atoms with Crippen LogP contribution in [0.2, 0.25) is 0 Å². The van der Waals surface area contributed by atoms with Gasteiger partial charge in [-0.05, 0) is 12.2 Å². The van der Waals surface area contributed by atoms with E-state index >= 15 is 0 Å². The lowest BCUT2D eigenvalue weighted by atomic mass is 10.3. The summed E-state index contributed by atoms with van der Waals surface area (Å²) in [4.78, 5) is 0. The summed E-state index contributed by atoms with van der Waals surface area (Å²) < 4.78 is 3.93. The van der Waals surface area contributed by atoms with Gasteiger partial charge >= 0.3 is 0 Å². The summed E-state index contributed by atoms with van der Waals surface area (Å²) in [7, 11) is 0.575. The highest BCUT2D eigenvalue weighted by Gasteiger charge is 2.20. The van der Waals surface area contributed by atoms with Gasteiger partial charge in [0, 0.05) is 6.42 Å². The van der Waals surface area contributed by atoms with Crippen molar-refractivity contribution in [3.05, 3.63) is 0 Å². The van der Waals surface area contributed by atoms with E-state index in [4.69, 9.17) is 27.6 Å². The van der Waals surface area contributed by atoms with Gasteiger partial charge in [-0.2, -0.15) is 12.6 Å². The molecule has 0 atom stereocenters. The van der Waals surface area contributed by atoms with Gasteiger partial charge in [-0.25, -0.2) is 0 Å². The van der Waals surface area contributed by atoms with Gasteiger partial charge in [0.15, 0.2) is 0 Å². The van der Waals surface area contributed by atoms with E-state index in [9.17, 15) is 0 Å². The van der Waals surface area contributed by atoms with Crippen LogP contribution in [0.4, 0.5) is 0 Å². The summed E-state index contributed by atoms with van der Waals surface area (Å²) in [6.45, 7) is 0. The first-order valence-electron chi connectivity index (χ1n) is 2.66. The van der Waals surface area contributed by atoms with Crippen LogP contribution in [-0.2, 0) is 4.43 Å². The molecular weight excluding hydrogens is 195 g/mol. The minimum absolute atomic E-state index is 0.575. The predicted octanol–water partition coefficient (Wildman–Crippen LogP) is 1.12.